The molecule has 1 spiro atoms. The van der Waals surface area contributed by atoms with Gasteiger partial charge in [-0.2, -0.15) is 13.2 Å². The lowest BCUT2D eigenvalue weighted by Gasteiger charge is -2.43. The van der Waals surface area contributed by atoms with Crippen molar-refractivity contribution in [1.82, 2.24) is 9.80 Å². The zero-order valence-electron chi connectivity index (χ0n) is 15.9. The second-order valence-corrected chi connectivity index (χ2v) is 9.59. The highest BCUT2D eigenvalue weighted by Crippen LogP contribution is 2.45. The number of thioether (sulfide) groups is 1. The molecule has 3 heterocycles. The average Bonchev–Trinajstić information content (AvgIpc) is 3.38. The maximum atomic E-state index is 13.2. The molecule has 1 aromatic carbocycles. The largest absolute Gasteiger partial charge is 0.418 e. The Morgan fingerprint density at radius 1 is 1.03 bits per heavy atom. The second-order valence-electron chi connectivity index (χ2n) is 7.19. The lowest BCUT2D eigenvalue weighted by molar-refractivity contribution is -0.136. The lowest BCUT2D eigenvalue weighted by Crippen LogP contribution is -2.54. The van der Waals surface area contributed by atoms with Crippen LogP contribution in [0.3, 0.4) is 0 Å². The van der Waals surface area contributed by atoms with Crippen LogP contribution in [0.2, 0.25) is 0 Å². The predicted octanol–water partition coefficient (Wildman–Crippen LogP) is 4.98. The van der Waals surface area contributed by atoms with E-state index in [-0.39, 0.29) is 16.5 Å². The van der Waals surface area contributed by atoms with Crippen molar-refractivity contribution in [3.63, 3.8) is 0 Å². The van der Waals surface area contributed by atoms with E-state index < -0.39 is 17.8 Å². The fourth-order valence-corrected chi connectivity index (χ4v) is 6.06. The van der Waals surface area contributed by atoms with Gasteiger partial charge in [-0.15, -0.1) is 23.1 Å². The molecule has 2 fully saturated rings. The lowest BCUT2D eigenvalue weighted by atomic mass is 10.0. The second kappa shape index (κ2) is 8.14. The van der Waals surface area contributed by atoms with Crippen molar-refractivity contribution < 1.29 is 22.8 Å². The Labute approximate surface area is 180 Å². The van der Waals surface area contributed by atoms with Crippen molar-refractivity contribution in [3.8, 4) is 0 Å². The number of piperidine rings is 1. The average molecular weight is 456 g/mol. The number of amides is 3. The third-order valence-corrected chi connectivity index (χ3v) is 7.87. The number of halogens is 3. The summed E-state index contributed by atoms with van der Waals surface area (Å²) in [5.41, 5.74) is -1.12. The molecule has 0 atom stereocenters. The maximum absolute atomic E-state index is 13.2. The zero-order valence-corrected chi connectivity index (χ0v) is 17.6. The van der Waals surface area contributed by atoms with E-state index in [1.54, 1.807) is 11.8 Å². The highest BCUT2D eigenvalue weighted by molar-refractivity contribution is 8.00. The number of alkyl halides is 3. The number of anilines is 1. The molecule has 2 aliphatic heterocycles. The van der Waals surface area contributed by atoms with Crippen molar-refractivity contribution in [1.29, 1.82) is 0 Å². The molecule has 5 nitrogen and oxygen atoms in total. The first-order valence-electron chi connectivity index (χ1n) is 9.52. The van der Waals surface area contributed by atoms with Gasteiger partial charge in [0.15, 0.2) is 0 Å². The van der Waals surface area contributed by atoms with Crippen LogP contribution in [0.15, 0.2) is 41.8 Å². The standard InChI is InChI=1S/C20H20F3N3O2S2/c21-20(22,23)14-4-1-2-5-15(14)24-18(28)25-9-7-19(8-10-25)26(11-13-30-19)17(27)16-6-3-12-29-16/h1-6,12H,7-11,13H2,(H,24,28). The number of urea groups is 1. The highest BCUT2D eigenvalue weighted by atomic mass is 32.2. The van der Waals surface area contributed by atoms with Crippen molar-refractivity contribution in [2.45, 2.75) is 23.9 Å². The van der Waals surface area contributed by atoms with Gasteiger partial charge in [0.1, 0.15) is 0 Å². The Bertz CT molecular complexity index is 926. The van der Waals surface area contributed by atoms with Gasteiger partial charge in [0.05, 0.1) is 21.0 Å². The first kappa shape index (κ1) is 21.0. The molecule has 0 saturated carbocycles. The van der Waals surface area contributed by atoms with Crippen LogP contribution in [0.25, 0.3) is 0 Å². The topological polar surface area (TPSA) is 52.7 Å². The molecule has 4 rings (SSSR count). The van der Waals surface area contributed by atoms with Crippen LogP contribution in [-0.4, -0.2) is 52.0 Å². The van der Waals surface area contributed by atoms with E-state index >= 15 is 0 Å². The van der Waals surface area contributed by atoms with Gasteiger partial charge < -0.3 is 15.1 Å². The van der Waals surface area contributed by atoms with Gasteiger partial charge >= 0.3 is 12.2 Å². The van der Waals surface area contributed by atoms with E-state index in [4.69, 9.17) is 0 Å². The number of benzene rings is 1. The van der Waals surface area contributed by atoms with Crippen molar-refractivity contribution >= 4 is 40.7 Å². The molecule has 2 aliphatic rings. The van der Waals surface area contributed by atoms with Crippen LogP contribution in [0, 0.1) is 0 Å². The Hall–Kier alpha value is -2.20. The minimum atomic E-state index is -4.54. The number of nitrogens with one attached hydrogen (secondary N) is 1. The first-order valence-corrected chi connectivity index (χ1v) is 11.4. The number of rotatable bonds is 2. The number of hydrogen-bond donors (Lipinski definition) is 1. The molecule has 0 unspecified atom stereocenters. The molecular weight excluding hydrogens is 435 g/mol. The summed E-state index contributed by atoms with van der Waals surface area (Å²) in [5, 5.41) is 4.27. The number of hydrogen-bond acceptors (Lipinski definition) is 4. The van der Waals surface area contributed by atoms with Gasteiger partial charge in [-0.05, 0) is 36.4 Å². The molecule has 1 aromatic heterocycles. The molecule has 0 aliphatic carbocycles. The number of nitrogens with zero attached hydrogens (tertiary/aromatic N) is 2. The molecule has 2 aromatic rings. The Morgan fingerprint density at radius 3 is 2.43 bits per heavy atom. The fourth-order valence-electron chi connectivity index (χ4n) is 3.94. The third-order valence-electron chi connectivity index (χ3n) is 5.46. The minimum absolute atomic E-state index is 0.00649. The van der Waals surface area contributed by atoms with E-state index in [0.717, 1.165) is 11.8 Å². The summed E-state index contributed by atoms with van der Waals surface area (Å²) >= 11 is 3.13. The highest BCUT2D eigenvalue weighted by Gasteiger charge is 2.47. The number of thiophene rings is 1. The number of para-hydroxylation sites is 1. The Balaban J connectivity index is 1.42. The molecule has 0 bridgehead atoms. The smallest absolute Gasteiger partial charge is 0.324 e. The Kier molecular flexibility index (Phi) is 5.71. The van der Waals surface area contributed by atoms with E-state index in [1.165, 1.54) is 34.4 Å². The number of carbonyl (C=O) groups excluding carboxylic acids is 2. The van der Waals surface area contributed by atoms with E-state index in [0.29, 0.717) is 37.4 Å². The van der Waals surface area contributed by atoms with Crippen LogP contribution < -0.4 is 5.32 Å². The number of carbonyl (C=O) groups is 2. The van der Waals surface area contributed by atoms with Crippen molar-refractivity contribution in [2.75, 3.05) is 30.7 Å². The quantitative estimate of drug-likeness (QED) is 0.695. The van der Waals surface area contributed by atoms with E-state index in [2.05, 4.69) is 5.32 Å². The van der Waals surface area contributed by atoms with Crippen LogP contribution in [-0.2, 0) is 6.18 Å². The van der Waals surface area contributed by atoms with Gasteiger partial charge in [0.25, 0.3) is 5.91 Å². The summed E-state index contributed by atoms with van der Waals surface area (Å²) < 4.78 is 39.5. The summed E-state index contributed by atoms with van der Waals surface area (Å²) in [6.45, 7) is 1.41. The first-order chi connectivity index (χ1) is 14.3. The van der Waals surface area contributed by atoms with Gasteiger partial charge in [0.2, 0.25) is 0 Å². The predicted molar refractivity (Wildman–Crippen MR) is 112 cm³/mol. The molecule has 160 valence electrons. The normalized spacial score (nSPS) is 18.6. The summed E-state index contributed by atoms with van der Waals surface area (Å²) in [6.07, 6.45) is -3.37. The molecule has 3 amide bonds. The molecular formula is C20H20F3N3O2S2. The van der Waals surface area contributed by atoms with Crippen molar-refractivity contribution in [3.05, 3.63) is 52.2 Å². The summed E-state index contributed by atoms with van der Waals surface area (Å²) in [6, 6.07) is 8.05. The van der Waals surface area contributed by atoms with Crippen LogP contribution in [0.5, 0.6) is 0 Å². The summed E-state index contributed by atoms with van der Waals surface area (Å²) in [4.78, 5) is 29.3. The molecule has 30 heavy (non-hydrogen) atoms. The summed E-state index contributed by atoms with van der Waals surface area (Å²) in [7, 11) is 0. The monoisotopic (exact) mass is 455 g/mol. The van der Waals surface area contributed by atoms with Crippen LogP contribution in [0.4, 0.5) is 23.7 Å². The number of likely N-dealkylation sites (tertiary alicyclic amines) is 1. The third kappa shape index (κ3) is 4.02. The molecule has 10 heteroatoms. The Morgan fingerprint density at radius 2 is 1.77 bits per heavy atom. The van der Waals surface area contributed by atoms with Gasteiger partial charge in [-0.25, -0.2) is 4.79 Å². The summed E-state index contributed by atoms with van der Waals surface area (Å²) in [5.74, 6) is 0.842. The van der Waals surface area contributed by atoms with Gasteiger partial charge in [-0.1, -0.05) is 18.2 Å². The fraction of sp³-hybridized carbons (Fsp3) is 0.400. The van der Waals surface area contributed by atoms with Gasteiger partial charge in [-0.3, -0.25) is 4.79 Å². The molecule has 1 N–H and O–H groups in total. The maximum Gasteiger partial charge on any atom is 0.418 e. The van der Waals surface area contributed by atoms with Crippen LogP contribution >= 0.6 is 23.1 Å². The molecule has 0 radical (unpaired) electrons. The zero-order chi connectivity index (χ0) is 21.4. The molecule has 2 saturated heterocycles. The van der Waals surface area contributed by atoms with E-state index in [1.807, 2.05) is 22.4 Å². The van der Waals surface area contributed by atoms with E-state index in [9.17, 15) is 22.8 Å². The van der Waals surface area contributed by atoms with Crippen LogP contribution in [0.1, 0.15) is 28.1 Å². The van der Waals surface area contributed by atoms with Crippen molar-refractivity contribution in [2.24, 2.45) is 0 Å². The van der Waals surface area contributed by atoms with Gasteiger partial charge in [0, 0.05) is 25.4 Å². The minimum Gasteiger partial charge on any atom is -0.324 e. The SMILES string of the molecule is O=C(Nc1ccccc1C(F)(F)F)N1CCC2(CC1)SCCN2C(=O)c1cccs1.